The van der Waals surface area contributed by atoms with E-state index in [9.17, 15) is 4.79 Å². The zero-order valence-corrected chi connectivity index (χ0v) is 11.6. The minimum atomic E-state index is 0.0850. The second-order valence-corrected chi connectivity index (χ2v) is 5.61. The van der Waals surface area contributed by atoms with E-state index in [0.29, 0.717) is 5.75 Å². The van der Waals surface area contributed by atoms with E-state index in [1.54, 1.807) is 18.5 Å². The van der Waals surface area contributed by atoms with Crippen LogP contribution in [-0.2, 0) is 4.79 Å². The van der Waals surface area contributed by atoms with E-state index in [2.05, 4.69) is 10.3 Å². The summed E-state index contributed by atoms with van der Waals surface area (Å²) >= 11 is 0. The second-order valence-electron chi connectivity index (χ2n) is 5.61. The van der Waals surface area contributed by atoms with Crippen molar-refractivity contribution in [3.8, 4) is 5.75 Å². The largest absolute Gasteiger partial charge is 0.482 e. The summed E-state index contributed by atoms with van der Waals surface area (Å²) in [5.74, 6) is 2.22. The third-order valence-corrected chi connectivity index (χ3v) is 4.37. The van der Waals surface area contributed by atoms with Gasteiger partial charge in [0.15, 0.2) is 6.61 Å². The highest BCUT2D eigenvalue weighted by Crippen LogP contribution is 2.27. The summed E-state index contributed by atoms with van der Waals surface area (Å²) in [5, 5.41) is 3.45. The number of nitrogens with one attached hydrogen (secondary N) is 1. The number of rotatable bonds is 3. The maximum atomic E-state index is 12.2. The van der Waals surface area contributed by atoms with Gasteiger partial charge >= 0.3 is 0 Å². The van der Waals surface area contributed by atoms with Crippen molar-refractivity contribution in [3.63, 3.8) is 0 Å². The third kappa shape index (κ3) is 3.10. The maximum absolute atomic E-state index is 12.2. The molecule has 2 saturated heterocycles. The van der Waals surface area contributed by atoms with Gasteiger partial charge in [0.1, 0.15) is 5.75 Å². The van der Waals surface area contributed by atoms with E-state index in [0.717, 1.165) is 50.9 Å². The first-order valence-corrected chi connectivity index (χ1v) is 7.34. The van der Waals surface area contributed by atoms with Gasteiger partial charge in [-0.1, -0.05) is 0 Å². The molecule has 2 fully saturated rings. The van der Waals surface area contributed by atoms with Crippen LogP contribution in [0.2, 0.25) is 0 Å². The van der Waals surface area contributed by atoms with Gasteiger partial charge in [-0.25, -0.2) is 0 Å². The number of hydrogen-bond acceptors (Lipinski definition) is 4. The summed E-state index contributed by atoms with van der Waals surface area (Å²) in [4.78, 5) is 18.1. The van der Waals surface area contributed by atoms with Crippen molar-refractivity contribution in [1.82, 2.24) is 15.2 Å². The minimum absolute atomic E-state index is 0.0850. The summed E-state index contributed by atoms with van der Waals surface area (Å²) in [6, 6.07) is 3.62. The van der Waals surface area contributed by atoms with Gasteiger partial charge in [0.2, 0.25) is 0 Å². The topological polar surface area (TPSA) is 54.5 Å². The fourth-order valence-corrected chi connectivity index (χ4v) is 3.14. The van der Waals surface area contributed by atoms with Crippen molar-refractivity contribution in [3.05, 3.63) is 24.5 Å². The molecular weight excluding hydrogens is 254 g/mol. The number of hydrogen-bond donors (Lipinski definition) is 1. The normalized spacial score (nSPS) is 25.9. The molecule has 0 aromatic carbocycles. The molecule has 5 heteroatoms. The molecule has 3 rings (SSSR count). The lowest BCUT2D eigenvalue weighted by atomic mass is 9.92. The van der Waals surface area contributed by atoms with E-state index < -0.39 is 0 Å². The Morgan fingerprint density at radius 2 is 2.10 bits per heavy atom. The summed E-state index contributed by atoms with van der Waals surface area (Å²) in [6.07, 6.45) is 5.54. The van der Waals surface area contributed by atoms with E-state index in [1.807, 2.05) is 11.0 Å². The Morgan fingerprint density at radius 3 is 2.75 bits per heavy atom. The van der Waals surface area contributed by atoms with Gasteiger partial charge in [0.25, 0.3) is 5.91 Å². The molecule has 0 aliphatic carbocycles. The first-order valence-electron chi connectivity index (χ1n) is 7.34. The van der Waals surface area contributed by atoms with Crippen LogP contribution in [0.4, 0.5) is 0 Å². The van der Waals surface area contributed by atoms with Crippen molar-refractivity contribution in [2.75, 3.05) is 32.8 Å². The highest BCUT2D eigenvalue weighted by atomic mass is 16.5. The second kappa shape index (κ2) is 6.22. The number of carbonyl (C=O) groups is 1. The van der Waals surface area contributed by atoms with Crippen LogP contribution in [-0.4, -0.2) is 48.6 Å². The van der Waals surface area contributed by atoms with Crippen LogP contribution in [0, 0.1) is 11.8 Å². The number of aromatic nitrogens is 1. The fraction of sp³-hybridized carbons (Fsp3) is 0.600. The van der Waals surface area contributed by atoms with E-state index in [4.69, 9.17) is 4.74 Å². The number of amides is 1. The summed E-state index contributed by atoms with van der Waals surface area (Å²) in [6.45, 7) is 4.05. The molecule has 1 N–H and O–H groups in total. The maximum Gasteiger partial charge on any atom is 0.260 e. The molecule has 0 saturated carbocycles. The van der Waals surface area contributed by atoms with Gasteiger partial charge in [-0.2, -0.15) is 0 Å². The average Bonchev–Trinajstić information content (AvgIpc) is 2.84. The predicted octanol–water partition coefficient (Wildman–Crippen LogP) is 0.918. The highest BCUT2D eigenvalue weighted by Gasteiger charge is 2.31. The van der Waals surface area contributed by atoms with Gasteiger partial charge in [-0.05, 0) is 49.9 Å². The molecule has 5 nitrogen and oxygen atoms in total. The number of likely N-dealkylation sites (tertiary alicyclic amines) is 1. The molecule has 1 aromatic rings. The lowest BCUT2D eigenvalue weighted by Crippen LogP contribution is -2.36. The number of pyridine rings is 1. The minimum Gasteiger partial charge on any atom is -0.482 e. The van der Waals surface area contributed by atoms with Crippen LogP contribution in [0.25, 0.3) is 0 Å². The number of nitrogens with zero attached hydrogens (tertiary/aromatic N) is 2. The molecule has 20 heavy (non-hydrogen) atoms. The molecule has 1 amide bonds. The predicted molar refractivity (Wildman–Crippen MR) is 75.4 cm³/mol. The molecule has 3 heterocycles. The van der Waals surface area contributed by atoms with Crippen LogP contribution in [0.15, 0.2) is 24.5 Å². The molecule has 1 aromatic heterocycles. The lowest BCUT2D eigenvalue weighted by Gasteiger charge is -2.20. The van der Waals surface area contributed by atoms with Crippen molar-refractivity contribution in [1.29, 1.82) is 0 Å². The molecule has 0 radical (unpaired) electrons. The molecule has 0 unspecified atom stereocenters. The zero-order valence-electron chi connectivity index (χ0n) is 11.6. The van der Waals surface area contributed by atoms with E-state index in [1.165, 1.54) is 0 Å². The zero-order chi connectivity index (χ0) is 13.8. The molecule has 0 spiro atoms. The van der Waals surface area contributed by atoms with Crippen LogP contribution in [0.5, 0.6) is 5.75 Å². The van der Waals surface area contributed by atoms with Crippen molar-refractivity contribution in [2.45, 2.75) is 12.8 Å². The molecular formula is C15H21N3O2. The van der Waals surface area contributed by atoms with Gasteiger partial charge in [-0.15, -0.1) is 0 Å². The average molecular weight is 275 g/mol. The summed E-state index contributed by atoms with van der Waals surface area (Å²) < 4.78 is 5.49. The Kier molecular flexibility index (Phi) is 4.16. The fourth-order valence-electron chi connectivity index (χ4n) is 3.14. The third-order valence-electron chi connectivity index (χ3n) is 4.37. The number of carbonyl (C=O) groups excluding carboxylic acids is 1. The molecule has 2 atom stereocenters. The Balaban J connectivity index is 1.50. The van der Waals surface area contributed by atoms with Crippen molar-refractivity contribution >= 4 is 5.91 Å². The monoisotopic (exact) mass is 275 g/mol. The quantitative estimate of drug-likeness (QED) is 0.891. The first kappa shape index (κ1) is 13.4. The summed E-state index contributed by atoms with van der Waals surface area (Å²) in [5.41, 5.74) is 0. The number of ether oxygens (including phenoxy) is 1. The highest BCUT2D eigenvalue weighted by molar-refractivity contribution is 5.77. The van der Waals surface area contributed by atoms with Crippen molar-refractivity contribution < 1.29 is 9.53 Å². The molecule has 0 bridgehead atoms. The Bertz CT molecular complexity index is 438. The van der Waals surface area contributed by atoms with Gasteiger partial charge in [0, 0.05) is 19.3 Å². The van der Waals surface area contributed by atoms with Gasteiger partial charge in [0.05, 0.1) is 6.20 Å². The standard InChI is InChI=1S/C15H21N3O2/c19-15(11-20-14-2-1-5-16-10-14)18-6-3-12-8-17-9-13(12)4-7-18/h1-2,5,10,12-13,17H,3-4,6-9,11H2/t12-,13+. The van der Waals surface area contributed by atoms with Crippen LogP contribution in [0.1, 0.15) is 12.8 Å². The molecule has 2 aliphatic heterocycles. The van der Waals surface area contributed by atoms with Gasteiger partial charge in [-0.3, -0.25) is 9.78 Å². The van der Waals surface area contributed by atoms with Crippen molar-refractivity contribution in [2.24, 2.45) is 11.8 Å². The van der Waals surface area contributed by atoms with Gasteiger partial charge < -0.3 is 15.0 Å². The van der Waals surface area contributed by atoms with E-state index in [-0.39, 0.29) is 12.5 Å². The Labute approximate surface area is 119 Å². The Morgan fingerprint density at radius 1 is 1.35 bits per heavy atom. The molecule has 108 valence electrons. The number of fused-ring (bicyclic) bond motifs is 1. The van der Waals surface area contributed by atoms with E-state index >= 15 is 0 Å². The Hall–Kier alpha value is -1.62. The lowest BCUT2D eigenvalue weighted by molar-refractivity contribution is -0.133. The van der Waals surface area contributed by atoms with Crippen LogP contribution in [0.3, 0.4) is 0 Å². The summed E-state index contributed by atoms with van der Waals surface area (Å²) in [7, 11) is 0. The van der Waals surface area contributed by atoms with Crippen LogP contribution < -0.4 is 10.1 Å². The SMILES string of the molecule is O=C(COc1cccnc1)N1CC[C@@H]2CNC[C@@H]2CC1. The molecule has 2 aliphatic rings. The first-order chi connectivity index (χ1) is 9.83. The smallest absolute Gasteiger partial charge is 0.260 e. The van der Waals surface area contributed by atoms with Crippen LogP contribution >= 0.6 is 0 Å².